The van der Waals surface area contributed by atoms with Crippen LogP contribution in [0.4, 0.5) is 4.79 Å². The smallest absolute Gasteiger partial charge is 0.326 e. The molecule has 0 radical (unpaired) electrons. The summed E-state index contributed by atoms with van der Waals surface area (Å²) in [5, 5.41) is 11.8. The van der Waals surface area contributed by atoms with Crippen molar-refractivity contribution in [3.8, 4) is 0 Å². The van der Waals surface area contributed by atoms with E-state index in [9.17, 15) is 9.59 Å². The summed E-state index contributed by atoms with van der Waals surface area (Å²) in [4.78, 5) is 25.2. The number of urea groups is 1. The molecule has 5 nitrogen and oxygen atoms in total. The number of carboxylic acids is 1. The molecular formula is C14H26N2O3. The third-order valence-electron chi connectivity index (χ3n) is 3.66. The van der Waals surface area contributed by atoms with E-state index in [0.717, 1.165) is 32.2 Å². The molecule has 1 heterocycles. The fourth-order valence-corrected chi connectivity index (χ4v) is 2.62. The summed E-state index contributed by atoms with van der Waals surface area (Å²) in [5.74, 6) is -0.711. The zero-order valence-corrected chi connectivity index (χ0v) is 12.2. The van der Waals surface area contributed by atoms with Crippen LogP contribution in [0.3, 0.4) is 0 Å². The summed E-state index contributed by atoms with van der Waals surface area (Å²) >= 11 is 0. The maximum atomic E-state index is 12.2. The molecule has 0 aliphatic carbocycles. The van der Waals surface area contributed by atoms with Crippen LogP contribution in [0.1, 0.15) is 52.9 Å². The van der Waals surface area contributed by atoms with Gasteiger partial charge in [0.15, 0.2) is 0 Å². The predicted molar refractivity (Wildman–Crippen MR) is 74.0 cm³/mol. The lowest BCUT2D eigenvalue weighted by Gasteiger charge is -2.36. The molecule has 0 saturated carbocycles. The van der Waals surface area contributed by atoms with Crippen LogP contribution in [0, 0.1) is 5.92 Å². The number of likely N-dealkylation sites (tertiary alicyclic amines) is 1. The number of rotatable bonds is 5. The number of nitrogens with one attached hydrogen (secondary N) is 1. The largest absolute Gasteiger partial charge is 0.480 e. The highest BCUT2D eigenvalue weighted by atomic mass is 16.4. The van der Waals surface area contributed by atoms with E-state index >= 15 is 0 Å². The average molecular weight is 270 g/mol. The zero-order valence-electron chi connectivity index (χ0n) is 12.2. The molecule has 2 atom stereocenters. The fraction of sp³-hybridized carbons (Fsp3) is 0.857. The molecule has 1 aliphatic rings. The van der Waals surface area contributed by atoms with Crippen molar-refractivity contribution in [3.63, 3.8) is 0 Å². The maximum Gasteiger partial charge on any atom is 0.326 e. The highest BCUT2D eigenvalue weighted by molar-refractivity contribution is 5.82. The highest BCUT2D eigenvalue weighted by Gasteiger charge is 2.29. The Labute approximate surface area is 115 Å². The number of carboxylic acid groups (broad SMARTS) is 1. The molecule has 0 aromatic rings. The van der Waals surface area contributed by atoms with E-state index in [0.29, 0.717) is 6.42 Å². The van der Waals surface area contributed by atoms with Gasteiger partial charge in [-0.2, -0.15) is 0 Å². The van der Waals surface area contributed by atoms with Gasteiger partial charge in [-0.1, -0.05) is 20.8 Å². The van der Waals surface area contributed by atoms with Crippen LogP contribution < -0.4 is 5.32 Å². The van der Waals surface area contributed by atoms with Crippen LogP contribution >= 0.6 is 0 Å². The quantitative estimate of drug-likeness (QED) is 0.806. The second-order valence-corrected chi connectivity index (χ2v) is 5.72. The van der Waals surface area contributed by atoms with Gasteiger partial charge < -0.3 is 15.3 Å². The van der Waals surface area contributed by atoms with Crippen molar-refractivity contribution in [2.24, 2.45) is 5.92 Å². The third kappa shape index (κ3) is 4.73. The molecule has 2 unspecified atom stereocenters. The number of carbonyl (C=O) groups is 2. The van der Waals surface area contributed by atoms with E-state index in [-0.39, 0.29) is 18.0 Å². The summed E-state index contributed by atoms with van der Waals surface area (Å²) in [6.07, 6.45) is 4.56. The van der Waals surface area contributed by atoms with E-state index in [1.807, 2.05) is 13.8 Å². The Morgan fingerprint density at radius 1 is 1.37 bits per heavy atom. The van der Waals surface area contributed by atoms with Crippen LogP contribution in [0.5, 0.6) is 0 Å². The fourth-order valence-electron chi connectivity index (χ4n) is 2.62. The molecule has 19 heavy (non-hydrogen) atoms. The lowest BCUT2D eigenvalue weighted by Crippen LogP contribution is -2.53. The van der Waals surface area contributed by atoms with Crippen molar-refractivity contribution in [2.75, 3.05) is 6.54 Å². The number of piperidine rings is 1. The van der Waals surface area contributed by atoms with Crippen molar-refractivity contribution < 1.29 is 14.7 Å². The van der Waals surface area contributed by atoms with Crippen molar-refractivity contribution in [2.45, 2.75) is 65.0 Å². The molecule has 0 spiro atoms. The maximum absolute atomic E-state index is 12.2. The summed E-state index contributed by atoms with van der Waals surface area (Å²) in [5.41, 5.74) is 0. The molecule has 110 valence electrons. The molecule has 5 heteroatoms. The van der Waals surface area contributed by atoms with E-state index in [1.54, 1.807) is 4.90 Å². The first-order valence-corrected chi connectivity index (χ1v) is 7.25. The normalized spacial score (nSPS) is 21.3. The van der Waals surface area contributed by atoms with Gasteiger partial charge in [0.05, 0.1) is 0 Å². The number of nitrogens with zero attached hydrogens (tertiary/aromatic N) is 1. The Bertz CT molecular complexity index is 318. The third-order valence-corrected chi connectivity index (χ3v) is 3.66. The van der Waals surface area contributed by atoms with Gasteiger partial charge in [-0.15, -0.1) is 0 Å². The number of carbonyl (C=O) groups excluding carboxylic acids is 1. The Morgan fingerprint density at radius 2 is 2.05 bits per heavy atom. The second kappa shape index (κ2) is 7.36. The zero-order chi connectivity index (χ0) is 14.4. The summed E-state index contributed by atoms with van der Waals surface area (Å²) in [6, 6.07) is -0.756. The summed E-state index contributed by atoms with van der Waals surface area (Å²) < 4.78 is 0. The van der Waals surface area contributed by atoms with Crippen LogP contribution in [0.15, 0.2) is 0 Å². The van der Waals surface area contributed by atoms with Crippen LogP contribution in [-0.4, -0.2) is 40.6 Å². The molecule has 0 bridgehead atoms. The van der Waals surface area contributed by atoms with Gasteiger partial charge in [0, 0.05) is 12.6 Å². The molecule has 1 saturated heterocycles. The standard InChI is InChI=1S/C14H26N2O3/c1-4-11-7-5-6-8-16(11)14(19)15-12(13(17)18)9-10(2)3/h10-12H,4-9H2,1-3H3,(H,15,19)(H,17,18). The van der Waals surface area contributed by atoms with Gasteiger partial charge in [0.25, 0.3) is 0 Å². The number of hydrogen-bond acceptors (Lipinski definition) is 2. The van der Waals surface area contributed by atoms with Crippen molar-refractivity contribution >= 4 is 12.0 Å². The number of aliphatic carboxylic acids is 1. The summed E-state index contributed by atoms with van der Waals surface area (Å²) in [7, 11) is 0. The van der Waals surface area contributed by atoms with E-state index in [2.05, 4.69) is 12.2 Å². The number of hydrogen-bond donors (Lipinski definition) is 2. The van der Waals surface area contributed by atoms with E-state index < -0.39 is 12.0 Å². The molecule has 1 fully saturated rings. The molecule has 2 N–H and O–H groups in total. The predicted octanol–water partition coefficient (Wildman–Crippen LogP) is 2.46. The monoisotopic (exact) mass is 270 g/mol. The minimum Gasteiger partial charge on any atom is -0.480 e. The molecule has 1 rings (SSSR count). The SMILES string of the molecule is CCC1CCCCN1C(=O)NC(CC(C)C)C(=O)O. The van der Waals surface area contributed by atoms with Crippen molar-refractivity contribution in [1.29, 1.82) is 0 Å². The Morgan fingerprint density at radius 3 is 2.58 bits per heavy atom. The van der Waals surface area contributed by atoms with Gasteiger partial charge in [-0.25, -0.2) is 9.59 Å². The van der Waals surface area contributed by atoms with Crippen LogP contribution in [0.2, 0.25) is 0 Å². The van der Waals surface area contributed by atoms with Crippen molar-refractivity contribution in [3.05, 3.63) is 0 Å². The lowest BCUT2D eigenvalue weighted by atomic mass is 10.0. The Hall–Kier alpha value is -1.26. The second-order valence-electron chi connectivity index (χ2n) is 5.72. The minimum atomic E-state index is -0.952. The first kappa shape index (κ1) is 15.8. The topological polar surface area (TPSA) is 69.6 Å². The molecular weight excluding hydrogens is 244 g/mol. The van der Waals surface area contributed by atoms with Crippen molar-refractivity contribution in [1.82, 2.24) is 10.2 Å². The minimum absolute atomic E-state index is 0.223. The van der Waals surface area contributed by atoms with Crippen LogP contribution in [0.25, 0.3) is 0 Å². The first-order valence-electron chi connectivity index (χ1n) is 7.25. The Balaban J connectivity index is 2.62. The van der Waals surface area contributed by atoms with Crippen LogP contribution in [-0.2, 0) is 4.79 Å². The van der Waals surface area contributed by atoms with Gasteiger partial charge >= 0.3 is 12.0 Å². The molecule has 2 amide bonds. The number of amides is 2. The van der Waals surface area contributed by atoms with E-state index in [1.165, 1.54) is 0 Å². The molecule has 0 aromatic heterocycles. The molecule has 0 aromatic carbocycles. The first-order chi connectivity index (χ1) is 8.95. The van der Waals surface area contributed by atoms with Gasteiger partial charge in [-0.3, -0.25) is 0 Å². The van der Waals surface area contributed by atoms with E-state index in [4.69, 9.17) is 5.11 Å². The highest BCUT2D eigenvalue weighted by Crippen LogP contribution is 2.19. The average Bonchev–Trinajstić information content (AvgIpc) is 2.37. The molecule has 1 aliphatic heterocycles. The van der Waals surface area contributed by atoms with Gasteiger partial charge in [0.2, 0.25) is 0 Å². The lowest BCUT2D eigenvalue weighted by molar-refractivity contribution is -0.139. The van der Waals surface area contributed by atoms with Gasteiger partial charge in [-0.05, 0) is 38.0 Å². The summed E-state index contributed by atoms with van der Waals surface area (Å²) in [6.45, 7) is 6.72. The van der Waals surface area contributed by atoms with Gasteiger partial charge in [0.1, 0.15) is 6.04 Å². The Kier molecular flexibility index (Phi) is 6.12.